The molecule has 0 saturated heterocycles. The van der Waals surface area contributed by atoms with E-state index in [1.54, 1.807) is 18.2 Å². The summed E-state index contributed by atoms with van der Waals surface area (Å²) in [5, 5.41) is 0. The van der Waals surface area contributed by atoms with Crippen LogP contribution < -0.4 is 0 Å². The van der Waals surface area contributed by atoms with Gasteiger partial charge in [-0.05, 0) is 25.0 Å². The van der Waals surface area contributed by atoms with Crippen molar-refractivity contribution in [3.63, 3.8) is 0 Å². The Hall–Kier alpha value is -1.18. The first kappa shape index (κ1) is 10.3. The molecule has 0 radical (unpaired) electrons. The quantitative estimate of drug-likeness (QED) is 0.676. The van der Waals surface area contributed by atoms with Crippen molar-refractivity contribution in [1.82, 2.24) is 0 Å². The first-order valence-corrected chi connectivity index (χ1v) is 5.58. The number of hydrogen-bond donors (Lipinski definition) is 0. The van der Waals surface area contributed by atoms with E-state index in [0.717, 1.165) is 25.7 Å². The van der Waals surface area contributed by atoms with Gasteiger partial charge in [0.05, 0.1) is 5.56 Å². The lowest BCUT2D eigenvalue weighted by Gasteiger charge is -2.20. The van der Waals surface area contributed by atoms with Crippen LogP contribution in [0.5, 0.6) is 0 Å². The molecule has 2 rings (SSSR count). The lowest BCUT2D eigenvalue weighted by atomic mass is 9.84. The molecule has 0 atom stereocenters. The summed E-state index contributed by atoms with van der Waals surface area (Å²) in [4.78, 5) is 12.0. The zero-order valence-corrected chi connectivity index (χ0v) is 8.71. The maximum Gasteiger partial charge on any atom is 0.168 e. The number of rotatable bonds is 2. The molecule has 0 aliphatic heterocycles. The van der Waals surface area contributed by atoms with Gasteiger partial charge in [-0.3, -0.25) is 4.79 Å². The molecular weight excluding hydrogens is 191 g/mol. The van der Waals surface area contributed by atoms with Gasteiger partial charge in [0, 0.05) is 5.92 Å². The van der Waals surface area contributed by atoms with E-state index in [2.05, 4.69) is 0 Å². The average molecular weight is 206 g/mol. The lowest BCUT2D eigenvalue weighted by molar-refractivity contribution is 0.0885. The van der Waals surface area contributed by atoms with Gasteiger partial charge in [-0.25, -0.2) is 4.39 Å². The van der Waals surface area contributed by atoms with E-state index in [0.29, 0.717) is 0 Å². The van der Waals surface area contributed by atoms with Crippen LogP contribution in [0.3, 0.4) is 0 Å². The Labute approximate surface area is 89.3 Å². The van der Waals surface area contributed by atoms with Gasteiger partial charge in [0.2, 0.25) is 0 Å². The number of hydrogen-bond acceptors (Lipinski definition) is 1. The molecule has 15 heavy (non-hydrogen) atoms. The Morgan fingerprint density at radius 1 is 1.13 bits per heavy atom. The van der Waals surface area contributed by atoms with Crippen LogP contribution in [0, 0.1) is 11.7 Å². The molecule has 1 aromatic rings. The summed E-state index contributed by atoms with van der Waals surface area (Å²) in [6, 6.07) is 6.29. The highest BCUT2D eigenvalue weighted by atomic mass is 19.1. The summed E-state index contributed by atoms with van der Waals surface area (Å²) in [6.07, 6.45) is 5.26. The zero-order chi connectivity index (χ0) is 10.7. The molecule has 80 valence electrons. The van der Waals surface area contributed by atoms with E-state index >= 15 is 0 Å². The highest BCUT2D eigenvalue weighted by Crippen LogP contribution is 2.27. The van der Waals surface area contributed by atoms with Crippen LogP contribution in [-0.2, 0) is 0 Å². The third-order valence-corrected chi connectivity index (χ3v) is 3.12. The van der Waals surface area contributed by atoms with Crippen molar-refractivity contribution in [3.8, 4) is 0 Å². The Balaban J connectivity index is 2.16. The molecule has 1 nitrogen and oxygen atoms in total. The van der Waals surface area contributed by atoms with Crippen molar-refractivity contribution < 1.29 is 9.18 Å². The molecule has 1 saturated carbocycles. The number of carbonyl (C=O) groups is 1. The molecule has 0 N–H and O–H groups in total. The maximum atomic E-state index is 13.4. The van der Waals surface area contributed by atoms with Crippen molar-refractivity contribution in [2.75, 3.05) is 0 Å². The second-order valence-corrected chi connectivity index (χ2v) is 4.18. The smallest absolute Gasteiger partial charge is 0.168 e. The topological polar surface area (TPSA) is 17.1 Å². The fraction of sp³-hybridized carbons (Fsp3) is 0.462. The highest BCUT2D eigenvalue weighted by molar-refractivity contribution is 5.98. The normalized spacial score (nSPS) is 17.7. The third kappa shape index (κ3) is 2.25. The Kier molecular flexibility index (Phi) is 3.14. The van der Waals surface area contributed by atoms with Gasteiger partial charge in [0.25, 0.3) is 0 Å². The number of ketones is 1. The number of halogens is 1. The molecule has 0 amide bonds. The van der Waals surface area contributed by atoms with Crippen molar-refractivity contribution in [1.29, 1.82) is 0 Å². The Bertz CT molecular complexity index is 353. The predicted molar refractivity (Wildman–Crippen MR) is 57.3 cm³/mol. The summed E-state index contributed by atoms with van der Waals surface area (Å²) in [7, 11) is 0. The molecule has 0 heterocycles. The molecule has 1 aromatic carbocycles. The van der Waals surface area contributed by atoms with Crippen LogP contribution in [0.2, 0.25) is 0 Å². The molecule has 1 fully saturated rings. The minimum Gasteiger partial charge on any atom is -0.294 e. The van der Waals surface area contributed by atoms with Crippen LogP contribution in [0.25, 0.3) is 0 Å². The van der Waals surface area contributed by atoms with Gasteiger partial charge in [-0.2, -0.15) is 0 Å². The Morgan fingerprint density at radius 2 is 1.80 bits per heavy atom. The van der Waals surface area contributed by atoms with Crippen LogP contribution in [0.4, 0.5) is 4.39 Å². The summed E-state index contributed by atoms with van der Waals surface area (Å²) < 4.78 is 13.4. The van der Waals surface area contributed by atoms with E-state index in [1.165, 1.54) is 12.5 Å². The minimum atomic E-state index is -0.381. The van der Waals surface area contributed by atoms with E-state index in [9.17, 15) is 9.18 Å². The molecule has 1 aliphatic rings. The fourth-order valence-electron chi connectivity index (χ4n) is 2.25. The van der Waals surface area contributed by atoms with Crippen molar-refractivity contribution in [2.24, 2.45) is 5.92 Å². The second-order valence-electron chi connectivity index (χ2n) is 4.18. The van der Waals surface area contributed by atoms with Crippen molar-refractivity contribution >= 4 is 5.78 Å². The van der Waals surface area contributed by atoms with E-state index in [1.807, 2.05) is 0 Å². The highest BCUT2D eigenvalue weighted by Gasteiger charge is 2.23. The maximum absolute atomic E-state index is 13.4. The fourth-order valence-corrected chi connectivity index (χ4v) is 2.25. The zero-order valence-electron chi connectivity index (χ0n) is 8.71. The van der Waals surface area contributed by atoms with E-state index in [-0.39, 0.29) is 23.1 Å². The van der Waals surface area contributed by atoms with Crippen molar-refractivity contribution in [3.05, 3.63) is 35.6 Å². The largest absolute Gasteiger partial charge is 0.294 e. The van der Waals surface area contributed by atoms with Gasteiger partial charge in [-0.15, -0.1) is 0 Å². The average Bonchev–Trinajstić information content (AvgIpc) is 2.30. The monoisotopic (exact) mass is 206 g/mol. The van der Waals surface area contributed by atoms with Crippen LogP contribution >= 0.6 is 0 Å². The van der Waals surface area contributed by atoms with Crippen LogP contribution in [-0.4, -0.2) is 5.78 Å². The molecule has 0 spiro atoms. The van der Waals surface area contributed by atoms with Gasteiger partial charge in [0.1, 0.15) is 5.82 Å². The Morgan fingerprint density at radius 3 is 2.47 bits per heavy atom. The number of Topliss-reactive ketones (excluding diaryl/α,β-unsaturated/α-hetero) is 1. The predicted octanol–water partition coefficient (Wildman–Crippen LogP) is 3.59. The molecular formula is C13H15FO. The molecule has 1 aliphatic carbocycles. The number of carbonyl (C=O) groups excluding carboxylic acids is 1. The second kappa shape index (κ2) is 4.56. The standard InChI is InChI=1S/C13H15FO/c14-12-9-5-4-8-11(12)13(15)10-6-2-1-3-7-10/h4-5,8-10H,1-3,6-7H2. The third-order valence-electron chi connectivity index (χ3n) is 3.12. The van der Waals surface area contributed by atoms with E-state index < -0.39 is 0 Å². The van der Waals surface area contributed by atoms with Crippen LogP contribution in [0.15, 0.2) is 24.3 Å². The van der Waals surface area contributed by atoms with Crippen molar-refractivity contribution in [2.45, 2.75) is 32.1 Å². The molecule has 0 aromatic heterocycles. The SMILES string of the molecule is O=C(c1ccccc1F)C1CCCCC1. The first-order chi connectivity index (χ1) is 7.29. The molecule has 2 heteroatoms. The van der Waals surface area contributed by atoms with Gasteiger partial charge < -0.3 is 0 Å². The van der Waals surface area contributed by atoms with Gasteiger partial charge in [-0.1, -0.05) is 31.4 Å². The summed E-state index contributed by atoms with van der Waals surface area (Å²) in [6.45, 7) is 0. The van der Waals surface area contributed by atoms with E-state index in [4.69, 9.17) is 0 Å². The van der Waals surface area contributed by atoms with Gasteiger partial charge in [0.15, 0.2) is 5.78 Å². The summed E-state index contributed by atoms with van der Waals surface area (Å²) >= 11 is 0. The van der Waals surface area contributed by atoms with Crippen LogP contribution in [0.1, 0.15) is 42.5 Å². The molecule has 0 unspecified atom stereocenters. The lowest BCUT2D eigenvalue weighted by Crippen LogP contribution is -2.18. The summed E-state index contributed by atoms with van der Waals surface area (Å²) in [5.74, 6) is -0.337. The minimum absolute atomic E-state index is 0.00667. The number of benzene rings is 1. The van der Waals surface area contributed by atoms with Gasteiger partial charge >= 0.3 is 0 Å². The summed E-state index contributed by atoms with van der Waals surface area (Å²) in [5.41, 5.74) is 0.268. The molecule has 0 bridgehead atoms. The first-order valence-electron chi connectivity index (χ1n) is 5.58.